The van der Waals surface area contributed by atoms with Crippen LogP contribution in [0.4, 0.5) is 0 Å². The first-order valence-electron chi connectivity index (χ1n) is 15.6. The molecular formula is C23H52O15S4Si4. The third-order valence-corrected chi connectivity index (χ3v) is 26.8. The van der Waals surface area contributed by atoms with Crippen molar-refractivity contribution in [3.8, 4) is 0 Å². The number of fused-ring (bicyclic) bond motifs is 2. The fourth-order valence-corrected chi connectivity index (χ4v) is 27.1. The molecule has 2 aliphatic heterocycles. The highest BCUT2D eigenvalue weighted by atomic mass is 33.1. The first-order valence-corrected chi connectivity index (χ1v) is 27.4. The predicted octanol–water partition coefficient (Wildman–Crippen LogP) is 6.81. The zero-order valence-corrected chi connectivity index (χ0v) is 34.9. The van der Waals surface area contributed by atoms with E-state index < -0.39 is 40.2 Å². The largest absolute Gasteiger partial charge is 0.494 e. The van der Waals surface area contributed by atoms with Crippen molar-refractivity contribution < 1.29 is 68.2 Å². The Hall–Kier alpha value is 1.67. The maximum Gasteiger partial charge on any atom is 0.494 e. The van der Waals surface area contributed by atoms with E-state index in [0.29, 0.717) is 81.4 Å². The van der Waals surface area contributed by atoms with Gasteiger partial charge in [-0.3, -0.25) is 0 Å². The van der Waals surface area contributed by atoms with Gasteiger partial charge in [-0.1, -0.05) is 31.7 Å². The van der Waals surface area contributed by atoms with E-state index >= 15 is 0 Å². The van der Waals surface area contributed by atoms with Crippen LogP contribution in [0.25, 0.3) is 0 Å². The summed E-state index contributed by atoms with van der Waals surface area (Å²) in [4.78, 5) is -0.505. The molecule has 23 heteroatoms. The first-order chi connectivity index (χ1) is 22.2. The third kappa shape index (κ3) is 14.7. The summed E-state index contributed by atoms with van der Waals surface area (Å²) in [6.45, 7) is 11.1. The highest BCUT2D eigenvalue weighted by Gasteiger charge is 2.65. The topological polar surface area (TPSA) is 160 Å². The zero-order valence-electron chi connectivity index (χ0n) is 27.6. The monoisotopic (exact) mass is 808 g/mol. The van der Waals surface area contributed by atoms with Gasteiger partial charge in [0.1, 0.15) is 4.93 Å². The standard InChI is InChI=1S/C23H52O15S4Si4/c1-7-27-44(28-8-2,21-12-16-39-34-32-24)37-46(38-45(29-9-3,30-10-4)22-13-17-40-35-33-25)19-11-15-23(5)31-43(26-6,36-46)20-14-18-41-42-23/h24-25H,7-22H2,1-6H3. The molecule has 2 fully saturated rings. The van der Waals surface area contributed by atoms with Crippen LogP contribution in [-0.4, -0.2) is 101 Å². The summed E-state index contributed by atoms with van der Waals surface area (Å²) in [7, 11) is -9.09. The third-order valence-electron chi connectivity index (χ3n) is 6.71. The van der Waals surface area contributed by atoms with E-state index in [1.165, 1.54) is 0 Å². The molecule has 2 heterocycles. The van der Waals surface area contributed by atoms with Gasteiger partial charge >= 0.3 is 35.2 Å². The molecular weight excluding hydrogens is 757 g/mol. The van der Waals surface area contributed by atoms with Crippen LogP contribution < -0.4 is 0 Å². The Labute approximate surface area is 294 Å². The van der Waals surface area contributed by atoms with Crippen LogP contribution in [0.1, 0.15) is 66.7 Å². The van der Waals surface area contributed by atoms with Gasteiger partial charge in [-0.2, -0.15) is 0 Å². The molecule has 15 nitrogen and oxygen atoms in total. The van der Waals surface area contributed by atoms with Gasteiger partial charge in [0, 0.05) is 99.1 Å². The Balaban J connectivity index is 2.64. The van der Waals surface area contributed by atoms with Gasteiger partial charge in [0.05, 0.1) is 0 Å². The molecule has 0 saturated carbocycles. The van der Waals surface area contributed by atoms with Gasteiger partial charge in [-0.15, -0.1) is 8.67 Å². The molecule has 2 N–H and O–H groups in total. The lowest BCUT2D eigenvalue weighted by Crippen LogP contribution is -2.69. The molecule has 0 aromatic heterocycles. The van der Waals surface area contributed by atoms with Crippen molar-refractivity contribution in [3.63, 3.8) is 0 Å². The summed E-state index contributed by atoms with van der Waals surface area (Å²) in [5.74, 6) is 1.90. The quantitative estimate of drug-likeness (QED) is 0.0247. The van der Waals surface area contributed by atoms with Crippen molar-refractivity contribution >= 4 is 80.9 Å². The molecule has 0 aliphatic carbocycles. The summed E-state index contributed by atoms with van der Waals surface area (Å²) in [6.07, 6.45) is 3.40. The molecule has 2 bridgehead atoms. The Morgan fingerprint density at radius 2 is 1.33 bits per heavy atom. The van der Waals surface area contributed by atoms with Crippen LogP contribution in [0.3, 0.4) is 0 Å². The molecule has 274 valence electrons. The summed E-state index contributed by atoms with van der Waals surface area (Å²) in [5, 5.41) is 24.6. The zero-order chi connectivity index (χ0) is 33.8. The van der Waals surface area contributed by atoms with Crippen molar-refractivity contribution in [1.29, 1.82) is 0 Å². The average molecular weight is 809 g/mol. The fraction of sp³-hybridized carbons (Fsp3) is 1.00. The maximum absolute atomic E-state index is 8.56. The minimum atomic E-state index is -3.87. The van der Waals surface area contributed by atoms with E-state index in [1.807, 2.05) is 38.5 Å². The van der Waals surface area contributed by atoms with Crippen molar-refractivity contribution in [2.24, 2.45) is 0 Å². The Morgan fingerprint density at radius 3 is 1.78 bits per heavy atom. The van der Waals surface area contributed by atoms with Crippen molar-refractivity contribution in [1.82, 2.24) is 0 Å². The van der Waals surface area contributed by atoms with Gasteiger partial charge < -0.3 is 38.9 Å². The first kappa shape index (κ1) is 43.8. The number of hydrogen-bond donors (Lipinski definition) is 2. The van der Waals surface area contributed by atoms with Crippen molar-refractivity contribution in [2.45, 2.75) is 95.8 Å². The highest BCUT2D eigenvalue weighted by molar-refractivity contribution is 8.77. The van der Waals surface area contributed by atoms with E-state index in [0.717, 1.165) is 42.7 Å². The van der Waals surface area contributed by atoms with Crippen molar-refractivity contribution in [3.05, 3.63) is 0 Å². The highest BCUT2D eigenvalue weighted by Crippen LogP contribution is 2.49. The summed E-state index contributed by atoms with van der Waals surface area (Å²) < 4.78 is 69.6. The number of rotatable bonds is 25. The minimum absolute atomic E-state index is 0.346. The summed E-state index contributed by atoms with van der Waals surface area (Å²) >= 11 is 1.93. The lowest BCUT2D eigenvalue weighted by Gasteiger charge is -2.49. The minimum Gasteiger partial charge on any atom is -0.377 e. The second kappa shape index (κ2) is 23.3. The molecule has 2 atom stereocenters. The number of hydrogen-bond acceptors (Lipinski definition) is 19. The van der Waals surface area contributed by atoms with Gasteiger partial charge in [-0.25, -0.2) is 10.5 Å². The van der Waals surface area contributed by atoms with E-state index in [9.17, 15) is 0 Å². The van der Waals surface area contributed by atoms with E-state index in [2.05, 4.69) is 25.7 Å². The normalized spacial score (nSPS) is 24.3. The van der Waals surface area contributed by atoms with Gasteiger partial charge in [0.15, 0.2) is 0 Å². The van der Waals surface area contributed by atoms with Gasteiger partial charge in [0.2, 0.25) is 0 Å². The molecule has 2 aliphatic rings. The molecule has 46 heavy (non-hydrogen) atoms. The summed E-state index contributed by atoms with van der Waals surface area (Å²) in [6, 6.07) is 1.90. The lowest BCUT2D eigenvalue weighted by atomic mass is 10.2. The molecule has 0 spiro atoms. The van der Waals surface area contributed by atoms with Crippen LogP contribution in [0, 0.1) is 0 Å². The molecule has 2 rings (SSSR count). The molecule has 0 radical (unpaired) electrons. The second-order valence-corrected chi connectivity index (χ2v) is 26.3. The van der Waals surface area contributed by atoms with Crippen LogP contribution in [-0.2, 0) is 57.6 Å². The van der Waals surface area contributed by atoms with E-state index in [1.54, 1.807) is 17.9 Å². The van der Waals surface area contributed by atoms with Crippen LogP contribution >= 0.6 is 45.7 Å². The average Bonchev–Trinajstić information content (AvgIpc) is 2.99. The van der Waals surface area contributed by atoms with Crippen molar-refractivity contribution in [2.75, 3.05) is 50.8 Å². The SMILES string of the molecule is CCO[Si](CCCSOOO)(OCC)O[Si]1(O[Si](CCCSOOO)(OCC)OCC)CCCC2(C)O[Si](OC)(CCCSS2)O1. The van der Waals surface area contributed by atoms with Crippen LogP contribution in [0.5, 0.6) is 0 Å². The molecule has 2 saturated heterocycles. The van der Waals surface area contributed by atoms with Crippen LogP contribution in [0.2, 0.25) is 24.2 Å². The van der Waals surface area contributed by atoms with Gasteiger partial charge in [0.25, 0.3) is 0 Å². The lowest BCUT2D eigenvalue weighted by molar-refractivity contribution is -0.432. The van der Waals surface area contributed by atoms with Gasteiger partial charge in [-0.05, 0) is 66.7 Å². The smallest absolute Gasteiger partial charge is 0.377 e. The van der Waals surface area contributed by atoms with Crippen LogP contribution in [0.15, 0.2) is 0 Å². The molecule has 0 aromatic carbocycles. The summed E-state index contributed by atoms with van der Waals surface area (Å²) in [5.41, 5.74) is 0. The second-order valence-electron chi connectivity index (χ2n) is 10.2. The fourth-order valence-electron chi connectivity index (χ4n) is 5.09. The molecule has 0 amide bonds. The van der Waals surface area contributed by atoms with E-state index in [-0.39, 0.29) is 0 Å². The van der Waals surface area contributed by atoms with E-state index in [4.69, 9.17) is 49.4 Å². The maximum atomic E-state index is 8.56. The Kier molecular flexibility index (Phi) is 22.2. The Bertz CT molecular complexity index is 775. The predicted molar refractivity (Wildman–Crippen MR) is 186 cm³/mol. The molecule has 0 aromatic rings. The Morgan fingerprint density at radius 1 is 0.804 bits per heavy atom. The molecule has 2 unspecified atom stereocenters.